The van der Waals surface area contributed by atoms with Gasteiger partial charge >= 0.3 is 0 Å². The average molecular weight is 349 g/mol. The van der Waals surface area contributed by atoms with Gasteiger partial charge in [-0.2, -0.15) is 0 Å². The Morgan fingerprint density at radius 1 is 1.19 bits per heavy atom. The smallest absolute Gasteiger partial charge is 0.224 e. The van der Waals surface area contributed by atoms with E-state index in [4.69, 9.17) is 4.74 Å². The molecule has 3 rings (SSSR count). The standard InChI is InChI=1S/C21H23N3O2/c1-2-26-20-9-4-3-7-18(20)10-11-21(25)23-19-8-5-6-17(14-19)15-24-13-12-22-16-24/h3-9,12-14,16H,2,10-11,15H2,1H3,(H,23,25). The lowest BCUT2D eigenvalue weighted by molar-refractivity contribution is -0.116. The summed E-state index contributed by atoms with van der Waals surface area (Å²) in [4.78, 5) is 16.4. The second-order valence-corrected chi connectivity index (χ2v) is 6.02. The van der Waals surface area contributed by atoms with Crippen LogP contribution in [0.25, 0.3) is 0 Å². The van der Waals surface area contributed by atoms with Crippen LogP contribution in [0, 0.1) is 0 Å². The molecule has 0 saturated heterocycles. The zero-order valence-corrected chi connectivity index (χ0v) is 14.9. The highest BCUT2D eigenvalue weighted by molar-refractivity contribution is 5.90. The number of nitrogens with zero attached hydrogens (tertiary/aromatic N) is 2. The molecule has 5 nitrogen and oxygen atoms in total. The summed E-state index contributed by atoms with van der Waals surface area (Å²) in [6.45, 7) is 3.30. The second kappa shape index (κ2) is 8.85. The SMILES string of the molecule is CCOc1ccccc1CCC(=O)Nc1cccc(Cn2ccnc2)c1. The van der Waals surface area contributed by atoms with E-state index in [9.17, 15) is 4.79 Å². The lowest BCUT2D eigenvalue weighted by atomic mass is 10.1. The molecule has 0 radical (unpaired) electrons. The van der Waals surface area contributed by atoms with E-state index < -0.39 is 0 Å². The quantitative estimate of drug-likeness (QED) is 0.671. The molecule has 134 valence electrons. The molecule has 3 aromatic rings. The molecule has 1 amide bonds. The summed E-state index contributed by atoms with van der Waals surface area (Å²) in [5.41, 5.74) is 2.98. The fraction of sp³-hybridized carbons (Fsp3) is 0.238. The van der Waals surface area contributed by atoms with E-state index in [0.29, 0.717) is 19.4 Å². The van der Waals surface area contributed by atoms with Gasteiger partial charge in [-0.05, 0) is 42.7 Å². The third-order valence-electron chi connectivity index (χ3n) is 4.03. The van der Waals surface area contributed by atoms with Gasteiger partial charge in [-0.3, -0.25) is 4.79 Å². The van der Waals surface area contributed by atoms with E-state index >= 15 is 0 Å². The molecule has 0 aliphatic carbocycles. The zero-order valence-electron chi connectivity index (χ0n) is 14.9. The number of para-hydroxylation sites is 1. The van der Waals surface area contributed by atoms with Crippen LogP contribution >= 0.6 is 0 Å². The van der Waals surface area contributed by atoms with Gasteiger partial charge in [0.25, 0.3) is 0 Å². The van der Waals surface area contributed by atoms with Crippen LogP contribution in [0.15, 0.2) is 67.3 Å². The van der Waals surface area contributed by atoms with E-state index in [-0.39, 0.29) is 5.91 Å². The van der Waals surface area contributed by atoms with Gasteiger partial charge in [0.1, 0.15) is 5.75 Å². The highest BCUT2D eigenvalue weighted by atomic mass is 16.5. The van der Waals surface area contributed by atoms with Crippen molar-refractivity contribution in [2.24, 2.45) is 0 Å². The topological polar surface area (TPSA) is 56.1 Å². The molecular weight excluding hydrogens is 326 g/mol. The second-order valence-electron chi connectivity index (χ2n) is 6.02. The van der Waals surface area contributed by atoms with Crippen LogP contribution in [0.2, 0.25) is 0 Å². The van der Waals surface area contributed by atoms with Crippen LogP contribution in [0.4, 0.5) is 5.69 Å². The van der Waals surface area contributed by atoms with Gasteiger partial charge in [0, 0.05) is 31.0 Å². The Kier molecular flexibility index (Phi) is 6.04. The Morgan fingerprint density at radius 2 is 2.08 bits per heavy atom. The molecule has 1 aromatic heterocycles. The van der Waals surface area contributed by atoms with Crippen LogP contribution in [-0.2, 0) is 17.8 Å². The molecule has 0 bridgehead atoms. The third kappa shape index (κ3) is 4.96. The van der Waals surface area contributed by atoms with Crippen molar-refractivity contribution in [3.63, 3.8) is 0 Å². The summed E-state index contributed by atoms with van der Waals surface area (Å²) in [5.74, 6) is 0.848. The predicted octanol–water partition coefficient (Wildman–Crippen LogP) is 3.90. The first kappa shape index (κ1) is 17.7. The first-order valence-corrected chi connectivity index (χ1v) is 8.80. The minimum atomic E-state index is -0.00363. The molecule has 0 spiro atoms. The highest BCUT2D eigenvalue weighted by Crippen LogP contribution is 2.20. The maximum Gasteiger partial charge on any atom is 0.224 e. The molecular formula is C21H23N3O2. The number of ether oxygens (including phenoxy) is 1. The Morgan fingerprint density at radius 3 is 2.88 bits per heavy atom. The Balaban J connectivity index is 1.57. The van der Waals surface area contributed by atoms with Crippen molar-refractivity contribution in [2.45, 2.75) is 26.3 Å². The summed E-state index contributed by atoms with van der Waals surface area (Å²) < 4.78 is 7.61. The van der Waals surface area contributed by atoms with Gasteiger partial charge in [-0.15, -0.1) is 0 Å². The number of carbonyl (C=O) groups excluding carboxylic acids is 1. The van der Waals surface area contributed by atoms with Crippen molar-refractivity contribution in [1.29, 1.82) is 0 Å². The number of imidazole rings is 1. The van der Waals surface area contributed by atoms with E-state index in [1.807, 2.05) is 66.2 Å². The lowest BCUT2D eigenvalue weighted by Crippen LogP contribution is -2.13. The molecule has 5 heteroatoms. The maximum atomic E-state index is 12.3. The van der Waals surface area contributed by atoms with E-state index in [1.165, 1.54) is 0 Å². The molecule has 1 heterocycles. The van der Waals surface area contributed by atoms with Gasteiger partial charge in [0.05, 0.1) is 12.9 Å². The largest absolute Gasteiger partial charge is 0.494 e. The zero-order chi connectivity index (χ0) is 18.2. The van der Waals surface area contributed by atoms with Crippen LogP contribution in [0.1, 0.15) is 24.5 Å². The number of benzene rings is 2. The van der Waals surface area contributed by atoms with Crippen LogP contribution in [0.3, 0.4) is 0 Å². The predicted molar refractivity (Wildman–Crippen MR) is 102 cm³/mol. The summed E-state index contributed by atoms with van der Waals surface area (Å²) in [6.07, 6.45) is 6.51. The monoisotopic (exact) mass is 349 g/mol. The van der Waals surface area contributed by atoms with E-state index in [1.54, 1.807) is 12.5 Å². The first-order chi connectivity index (χ1) is 12.7. The molecule has 0 unspecified atom stereocenters. The molecule has 0 fully saturated rings. The summed E-state index contributed by atoms with van der Waals surface area (Å²) in [6, 6.07) is 15.7. The van der Waals surface area contributed by atoms with Crippen molar-refractivity contribution in [1.82, 2.24) is 9.55 Å². The molecule has 26 heavy (non-hydrogen) atoms. The average Bonchev–Trinajstić information content (AvgIpc) is 3.14. The molecule has 0 aliphatic rings. The summed E-state index contributed by atoms with van der Waals surface area (Å²) in [5, 5.41) is 2.98. The number of carbonyl (C=O) groups is 1. The Hall–Kier alpha value is -3.08. The number of nitrogens with one attached hydrogen (secondary N) is 1. The Bertz CT molecular complexity index is 844. The number of aryl methyl sites for hydroxylation is 1. The Labute approximate surface area is 153 Å². The number of anilines is 1. The van der Waals surface area contributed by atoms with Crippen molar-refractivity contribution in [2.75, 3.05) is 11.9 Å². The van der Waals surface area contributed by atoms with Gasteiger partial charge < -0.3 is 14.6 Å². The van der Waals surface area contributed by atoms with Crippen molar-refractivity contribution < 1.29 is 9.53 Å². The number of rotatable bonds is 8. The molecule has 2 aromatic carbocycles. The third-order valence-corrected chi connectivity index (χ3v) is 4.03. The van der Waals surface area contributed by atoms with Crippen molar-refractivity contribution in [3.8, 4) is 5.75 Å². The van der Waals surface area contributed by atoms with Gasteiger partial charge in [-0.25, -0.2) is 4.98 Å². The van der Waals surface area contributed by atoms with Gasteiger partial charge in [0.2, 0.25) is 5.91 Å². The minimum absolute atomic E-state index is 0.00363. The maximum absolute atomic E-state index is 12.3. The number of aromatic nitrogens is 2. The van der Waals surface area contributed by atoms with E-state index in [2.05, 4.69) is 10.3 Å². The molecule has 0 atom stereocenters. The van der Waals surface area contributed by atoms with Crippen LogP contribution < -0.4 is 10.1 Å². The number of amides is 1. The highest BCUT2D eigenvalue weighted by Gasteiger charge is 2.07. The van der Waals surface area contributed by atoms with Crippen LogP contribution in [0.5, 0.6) is 5.75 Å². The minimum Gasteiger partial charge on any atom is -0.494 e. The molecule has 0 aliphatic heterocycles. The first-order valence-electron chi connectivity index (χ1n) is 8.80. The molecule has 0 saturated carbocycles. The van der Waals surface area contributed by atoms with Crippen molar-refractivity contribution >= 4 is 11.6 Å². The fourth-order valence-corrected chi connectivity index (χ4v) is 2.82. The van der Waals surface area contributed by atoms with Gasteiger partial charge in [0.15, 0.2) is 0 Å². The molecule has 1 N–H and O–H groups in total. The number of hydrogen-bond acceptors (Lipinski definition) is 3. The fourth-order valence-electron chi connectivity index (χ4n) is 2.82. The normalized spacial score (nSPS) is 10.5. The van der Waals surface area contributed by atoms with Crippen LogP contribution in [-0.4, -0.2) is 22.1 Å². The summed E-state index contributed by atoms with van der Waals surface area (Å²) >= 11 is 0. The summed E-state index contributed by atoms with van der Waals surface area (Å²) in [7, 11) is 0. The van der Waals surface area contributed by atoms with Crippen molar-refractivity contribution in [3.05, 3.63) is 78.4 Å². The number of hydrogen-bond donors (Lipinski definition) is 1. The van der Waals surface area contributed by atoms with E-state index in [0.717, 1.165) is 29.1 Å². The lowest BCUT2D eigenvalue weighted by Gasteiger charge is -2.11. The van der Waals surface area contributed by atoms with Gasteiger partial charge in [-0.1, -0.05) is 30.3 Å².